The third kappa shape index (κ3) is 11.9. The van der Waals surface area contributed by atoms with Gasteiger partial charge >= 0.3 is 12.2 Å². The van der Waals surface area contributed by atoms with Gasteiger partial charge in [-0.3, -0.25) is 4.79 Å². The Morgan fingerprint density at radius 1 is 0.967 bits per heavy atom. The summed E-state index contributed by atoms with van der Waals surface area (Å²) in [5, 5.41) is 8.06. The van der Waals surface area contributed by atoms with E-state index < -0.39 is 23.8 Å². The van der Waals surface area contributed by atoms with E-state index in [0.717, 1.165) is 5.56 Å². The van der Waals surface area contributed by atoms with E-state index >= 15 is 0 Å². The minimum absolute atomic E-state index is 0.138. The molecule has 0 bridgehead atoms. The second-order valence-corrected chi connectivity index (χ2v) is 8.46. The zero-order chi connectivity index (χ0) is 22.6. The van der Waals surface area contributed by atoms with Gasteiger partial charge in [-0.15, -0.1) is 0 Å². The summed E-state index contributed by atoms with van der Waals surface area (Å²) in [5.74, 6) is -0.0679. The van der Waals surface area contributed by atoms with E-state index in [1.165, 1.54) is 0 Å². The number of ether oxygens (including phenoxy) is 2. The molecule has 168 valence electrons. The molecular weight excluding hydrogens is 386 g/mol. The van der Waals surface area contributed by atoms with Gasteiger partial charge in [-0.05, 0) is 45.1 Å². The Labute approximate surface area is 179 Å². The Morgan fingerprint density at radius 3 is 2.20 bits per heavy atom. The van der Waals surface area contributed by atoms with Gasteiger partial charge in [0.05, 0.1) is 0 Å². The molecule has 0 aliphatic rings. The Hall–Kier alpha value is -2.77. The van der Waals surface area contributed by atoms with E-state index in [9.17, 15) is 14.4 Å². The lowest BCUT2D eigenvalue weighted by atomic mass is 10.0. The SMILES string of the molecule is CC(C)C[C@H](NC(=O)OCc1ccccc1)C(=O)NCCCNC(=O)OC(C)(C)C. The van der Waals surface area contributed by atoms with Crippen molar-refractivity contribution in [3.63, 3.8) is 0 Å². The van der Waals surface area contributed by atoms with Gasteiger partial charge in [0, 0.05) is 13.1 Å². The molecule has 3 N–H and O–H groups in total. The van der Waals surface area contributed by atoms with Crippen LogP contribution in [0, 0.1) is 5.92 Å². The summed E-state index contributed by atoms with van der Waals surface area (Å²) in [5.41, 5.74) is 0.318. The molecule has 1 aromatic carbocycles. The number of hydrogen-bond donors (Lipinski definition) is 3. The van der Waals surface area contributed by atoms with Crippen molar-refractivity contribution in [1.29, 1.82) is 0 Å². The molecule has 0 aliphatic heterocycles. The number of nitrogens with one attached hydrogen (secondary N) is 3. The minimum Gasteiger partial charge on any atom is -0.445 e. The summed E-state index contributed by atoms with van der Waals surface area (Å²) >= 11 is 0. The van der Waals surface area contributed by atoms with Crippen molar-refractivity contribution in [2.75, 3.05) is 13.1 Å². The first kappa shape index (κ1) is 25.3. The summed E-state index contributed by atoms with van der Waals surface area (Å²) in [6.07, 6.45) is -0.0964. The molecule has 0 saturated heterocycles. The minimum atomic E-state index is -0.688. The van der Waals surface area contributed by atoms with Gasteiger partial charge in [-0.1, -0.05) is 44.2 Å². The maximum Gasteiger partial charge on any atom is 0.408 e. The zero-order valence-electron chi connectivity index (χ0n) is 18.6. The van der Waals surface area contributed by atoms with Crippen molar-refractivity contribution in [2.45, 2.75) is 65.7 Å². The van der Waals surface area contributed by atoms with Crippen LogP contribution in [0.25, 0.3) is 0 Å². The molecule has 1 atom stereocenters. The number of rotatable bonds is 10. The van der Waals surface area contributed by atoms with Crippen molar-refractivity contribution in [2.24, 2.45) is 5.92 Å². The summed E-state index contributed by atoms with van der Waals surface area (Å²) in [4.78, 5) is 36.2. The second kappa shape index (κ2) is 12.7. The van der Waals surface area contributed by atoms with Crippen LogP contribution in [0.2, 0.25) is 0 Å². The molecule has 1 rings (SSSR count). The van der Waals surface area contributed by atoms with E-state index in [1.54, 1.807) is 20.8 Å². The molecule has 0 saturated carbocycles. The highest BCUT2D eigenvalue weighted by molar-refractivity contribution is 5.85. The fourth-order valence-electron chi connectivity index (χ4n) is 2.54. The number of hydrogen-bond acceptors (Lipinski definition) is 5. The van der Waals surface area contributed by atoms with Crippen molar-refractivity contribution >= 4 is 18.1 Å². The number of carbonyl (C=O) groups excluding carboxylic acids is 3. The fourth-order valence-corrected chi connectivity index (χ4v) is 2.54. The Bertz CT molecular complexity index is 671. The Morgan fingerprint density at radius 2 is 1.60 bits per heavy atom. The topological polar surface area (TPSA) is 106 Å². The van der Waals surface area contributed by atoms with Gasteiger partial charge in [0.2, 0.25) is 5.91 Å². The van der Waals surface area contributed by atoms with Crippen LogP contribution in [0.3, 0.4) is 0 Å². The van der Waals surface area contributed by atoms with Crippen molar-refractivity contribution in [1.82, 2.24) is 16.0 Å². The lowest BCUT2D eigenvalue weighted by Gasteiger charge is -2.20. The van der Waals surface area contributed by atoms with Gasteiger partial charge in [0.1, 0.15) is 18.2 Å². The first-order valence-electron chi connectivity index (χ1n) is 10.3. The first-order valence-corrected chi connectivity index (χ1v) is 10.3. The van der Waals surface area contributed by atoms with Gasteiger partial charge in [-0.25, -0.2) is 9.59 Å². The van der Waals surface area contributed by atoms with E-state index in [-0.39, 0.29) is 18.4 Å². The third-order valence-electron chi connectivity index (χ3n) is 3.85. The van der Waals surface area contributed by atoms with Gasteiger partial charge in [0.15, 0.2) is 0 Å². The maximum atomic E-state index is 12.5. The average Bonchev–Trinajstić information content (AvgIpc) is 2.64. The lowest BCUT2D eigenvalue weighted by molar-refractivity contribution is -0.123. The predicted molar refractivity (Wildman–Crippen MR) is 115 cm³/mol. The van der Waals surface area contributed by atoms with E-state index in [1.807, 2.05) is 44.2 Å². The molecule has 8 nitrogen and oxygen atoms in total. The normalized spacial score (nSPS) is 12.1. The zero-order valence-corrected chi connectivity index (χ0v) is 18.6. The Balaban J connectivity index is 2.37. The van der Waals surface area contributed by atoms with Crippen LogP contribution < -0.4 is 16.0 Å². The molecular formula is C22H35N3O5. The lowest BCUT2D eigenvalue weighted by Crippen LogP contribution is -2.48. The highest BCUT2D eigenvalue weighted by Gasteiger charge is 2.22. The Kier molecular flexibility index (Phi) is 10.7. The largest absolute Gasteiger partial charge is 0.445 e. The van der Waals surface area contributed by atoms with Crippen LogP contribution in [0.15, 0.2) is 30.3 Å². The third-order valence-corrected chi connectivity index (χ3v) is 3.85. The average molecular weight is 422 g/mol. The molecule has 0 radical (unpaired) electrons. The van der Waals surface area contributed by atoms with Crippen LogP contribution >= 0.6 is 0 Å². The number of benzene rings is 1. The second-order valence-electron chi connectivity index (χ2n) is 8.46. The molecule has 3 amide bonds. The van der Waals surface area contributed by atoms with Crippen LogP contribution in [0.5, 0.6) is 0 Å². The molecule has 0 spiro atoms. The highest BCUT2D eigenvalue weighted by Crippen LogP contribution is 2.07. The quantitative estimate of drug-likeness (QED) is 0.502. The van der Waals surface area contributed by atoms with E-state index in [4.69, 9.17) is 9.47 Å². The summed E-state index contributed by atoms with van der Waals surface area (Å²) in [7, 11) is 0. The highest BCUT2D eigenvalue weighted by atomic mass is 16.6. The standard InChI is InChI=1S/C22H35N3O5/c1-16(2)14-18(25-21(28)29-15-17-10-7-6-8-11-17)19(26)23-12-9-13-24-20(27)30-22(3,4)5/h6-8,10-11,16,18H,9,12-15H2,1-5H3,(H,23,26)(H,24,27)(H,25,28)/t18-/m0/s1. The van der Waals surface area contributed by atoms with E-state index in [0.29, 0.717) is 25.9 Å². The molecule has 0 aromatic heterocycles. The molecule has 8 heteroatoms. The molecule has 0 aliphatic carbocycles. The van der Waals surface area contributed by atoms with Crippen LogP contribution in [-0.2, 0) is 20.9 Å². The van der Waals surface area contributed by atoms with Gasteiger partial charge < -0.3 is 25.4 Å². The summed E-state index contributed by atoms with van der Waals surface area (Å²) in [6.45, 7) is 10.2. The van der Waals surface area contributed by atoms with Crippen LogP contribution in [0.1, 0.15) is 53.0 Å². The molecule has 30 heavy (non-hydrogen) atoms. The summed E-state index contributed by atoms with van der Waals surface area (Å²) in [6, 6.07) is 8.64. The molecule has 1 aromatic rings. The van der Waals surface area contributed by atoms with Crippen molar-refractivity contribution in [3.05, 3.63) is 35.9 Å². The smallest absolute Gasteiger partial charge is 0.408 e. The van der Waals surface area contributed by atoms with Gasteiger partial charge in [0.25, 0.3) is 0 Å². The number of carbonyl (C=O) groups is 3. The van der Waals surface area contributed by atoms with Crippen molar-refractivity contribution < 1.29 is 23.9 Å². The van der Waals surface area contributed by atoms with E-state index in [2.05, 4.69) is 16.0 Å². The predicted octanol–water partition coefficient (Wildman–Crippen LogP) is 3.36. The molecule has 0 fully saturated rings. The van der Waals surface area contributed by atoms with Crippen LogP contribution in [0.4, 0.5) is 9.59 Å². The van der Waals surface area contributed by atoms with Gasteiger partial charge in [-0.2, -0.15) is 0 Å². The number of amides is 3. The first-order chi connectivity index (χ1) is 14.1. The fraction of sp³-hybridized carbons (Fsp3) is 0.591. The van der Waals surface area contributed by atoms with Crippen molar-refractivity contribution in [3.8, 4) is 0 Å². The number of alkyl carbamates (subject to hydrolysis) is 2. The monoisotopic (exact) mass is 421 g/mol. The van der Waals surface area contributed by atoms with Crippen LogP contribution in [-0.4, -0.2) is 42.8 Å². The summed E-state index contributed by atoms with van der Waals surface area (Å²) < 4.78 is 10.4. The molecule has 0 heterocycles. The maximum absolute atomic E-state index is 12.5. The molecule has 0 unspecified atom stereocenters.